The van der Waals surface area contributed by atoms with Gasteiger partial charge in [-0.25, -0.2) is 9.78 Å². The lowest BCUT2D eigenvalue weighted by Gasteiger charge is -2.36. The van der Waals surface area contributed by atoms with Crippen molar-refractivity contribution < 1.29 is 4.79 Å². The Bertz CT molecular complexity index is 707. The highest BCUT2D eigenvalue weighted by atomic mass is 32.1. The lowest BCUT2D eigenvalue weighted by atomic mass is 9.98. The molecule has 4 nitrogen and oxygen atoms in total. The van der Waals surface area contributed by atoms with E-state index in [1.807, 2.05) is 37.0 Å². The molecule has 1 aliphatic rings. The van der Waals surface area contributed by atoms with E-state index in [4.69, 9.17) is 0 Å². The highest BCUT2D eigenvalue weighted by molar-refractivity contribution is 7.11. The van der Waals surface area contributed by atoms with Crippen LogP contribution in [0, 0.1) is 13.8 Å². The quantitative estimate of drug-likeness (QED) is 0.880. The summed E-state index contributed by atoms with van der Waals surface area (Å²) in [7, 11) is 0. The third-order valence-electron chi connectivity index (χ3n) is 4.42. The van der Waals surface area contributed by atoms with Crippen molar-refractivity contribution in [3.05, 3.63) is 37.5 Å². The second-order valence-electron chi connectivity index (χ2n) is 6.02. The largest absolute Gasteiger partial charge is 0.331 e. The molecular weight excluding hydrogens is 326 g/mol. The van der Waals surface area contributed by atoms with Crippen LogP contribution in [0.1, 0.15) is 58.4 Å². The van der Waals surface area contributed by atoms with Gasteiger partial charge >= 0.3 is 6.03 Å². The minimum absolute atomic E-state index is 0.00456. The van der Waals surface area contributed by atoms with E-state index in [2.05, 4.69) is 28.7 Å². The van der Waals surface area contributed by atoms with Crippen molar-refractivity contribution in [2.24, 2.45) is 0 Å². The van der Waals surface area contributed by atoms with Crippen molar-refractivity contribution in [2.75, 3.05) is 6.54 Å². The van der Waals surface area contributed by atoms with Crippen molar-refractivity contribution >= 4 is 28.7 Å². The van der Waals surface area contributed by atoms with Crippen molar-refractivity contribution in [3.8, 4) is 0 Å². The Morgan fingerprint density at radius 2 is 2.30 bits per heavy atom. The number of aromatic nitrogens is 1. The molecule has 2 aromatic heterocycles. The van der Waals surface area contributed by atoms with Crippen LogP contribution in [0.5, 0.6) is 0 Å². The zero-order chi connectivity index (χ0) is 16.6. The monoisotopic (exact) mass is 349 g/mol. The third-order valence-corrected chi connectivity index (χ3v) is 6.67. The molecule has 6 heteroatoms. The normalized spacial score (nSPS) is 18.6. The lowest BCUT2D eigenvalue weighted by Crippen LogP contribution is -2.45. The smallest absolute Gasteiger partial charge is 0.318 e. The van der Waals surface area contributed by atoms with Crippen LogP contribution >= 0.6 is 22.7 Å². The Labute approximate surface area is 145 Å². The number of fused-ring (bicyclic) bond motifs is 1. The van der Waals surface area contributed by atoms with E-state index in [1.165, 1.54) is 10.4 Å². The van der Waals surface area contributed by atoms with Gasteiger partial charge in [0, 0.05) is 16.3 Å². The zero-order valence-corrected chi connectivity index (χ0v) is 15.7. The standard InChI is InChI=1S/C17H23N3OS2/c1-5-14-13-7-9-22-15(13)6-8-20(14)17(21)19-11(3)16-10(2)18-12(4)23-16/h7,9,11,14H,5-6,8H2,1-4H3,(H,19,21)/t11-,14-/m0/s1. The third kappa shape index (κ3) is 3.15. The number of hydrogen-bond donors (Lipinski definition) is 1. The van der Waals surface area contributed by atoms with Gasteiger partial charge in [-0.1, -0.05) is 6.92 Å². The molecule has 0 aromatic carbocycles. The molecule has 2 amide bonds. The predicted octanol–water partition coefficient (Wildman–Crippen LogP) is 4.60. The highest BCUT2D eigenvalue weighted by Gasteiger charge is 2.31. The molecule has 1 aliphatic heterocycles. The number of amides is 2. The van der Waals surface area contributed by atoms with E-state index in [0.717, 1.165) is 35.0 Å². The summed E-state index contributed by atoms with van der Waals surface area (Å²) in [6.07, 6.45) is 1.91. The minimum atomic E-state index is -0.00456. The Morgan fingerprint density at radius 1 is 1.52 bits per heavy atom. The van der Waals surface area contributed by atoms with Crippen molar-refractivity contribution in [1.29, 1.82) is 0 Å². The maximum atomic E-state index is 12.8. The van der Waals surface area contributed by atoms with Gasteiger partial charge in [0.15, 0.2) is 0 Å². The molecule has 0 radical (unpaired) electrons. The molecule has 0 fully saturated rings. The fraction of sp³-hybridized carbons (Fsp3) is 0.529. The summed E-state index contributed by atoms with van der Waals surface area (Å²) in [6.45, 7) is 9.00. The summed E-state index contributed by atoms with van der Waals surface area (Å²) >= 11 is 3.47. The Balaban J connectivity index is 1.74. The molecule has 0 aliphatic carbocycles. The number of nitrogens with zero attached hydrogens (tertiary/aromatic N) is 2. The molecule has 3 rings (SSSR count). The first-order valence-corrected chi connectivity index (χ1v) is 9.78. The number of aryl methyl sites for hydroxylation is 2. The van der Waals surface area contributed by atoms with Gasteiger partial charge in [0.05, 0.1) is 22.8 Å². The van der Waals surface area contributed by atoms with Crippen LogP contribution in [-0.4, -0.2) is 22.5 Å². The fourth-order valence-corrected chi connectivity index (χ4v) is 5.22. The number of thiazole rings is 1. The second kappa shape index (κ2) is 6.61. The molecule has 1 N–H and O–H groups in total. The Morgan fingerprint density at radius 3 is 2.96 bits per heavy atom. The molecule has 0 bridgehead atoms. The van der Waals surface area contributed by atoms with Crippen molar-refractivity contribution in [3.63, 3.8) is 0 Å². The average molecular weight is 350 g/mol. The molecule has 2 aromatic rings. The molecule has 2 atom stereocenters. The van der Waals surface area contributed by atoms with Gasteiger partial charge in [0.1, 0.15) is 0 Å². The first kappa shape index (κ1) is 16.5. The molecule has 3 heterocycles. The van der Waals surface area contributed by atoms with E-state index in [0.29, 0.717) is 0 Å². The maximum Gasteiger partial charge on any atom is 0.318 e. The van der Waals surface area contributed by atoms with Crippen LogP contribution in [0.3, 0.4) is 0 Å². The summed E-state index contributed by atoms with van der Waals surface area (Å²) < 4.78 is 0. The van der Waals surface area contributed by atoms with Gasteiger partial charge in [-0.3, -0.25) is 0 Å². The first-order valence-electron chi connectivity index (χ1n) is 8.08. The van der Waals surface area contributed by atoms with Gasteiger partial charge < -0.3 is 10.2 Å². The molecule has 0 spiro atoms. The van der Waals surface area contributed by atoms with Gasteiger partial charge in [0.25, 0.3) is 0 Å². The number of nitrogens with one attached hydrogen (secondary N) is 1. The predicted molar refractivity (Wildman–Crippen MR) is 96.3 cm³/mol. The molecule has 23 heavy (non-hydrogen) atoms. The topological polar surface area (TPSA) is 45.2 Å². The SMILES string of the molecule is CC[C@H]1c2ccsc2CCN1C(=O)N[C@@H](C)c1sc(C)nc1C. The van der Waals surface area contributed by atoms with E-state index in [-0.39, 0.29) is 18.1 Å². The minimum Gasteiger partial charge on any atom is -0.331 e. The zero-order valence-electron chi connectivity index (χ0n) is 14.0. The Kier molecular flexibility index (Phi) is 4.73. The molecular formula is C17H23N3OS2. The van der Waals surface area contributed by atoms with E-state index < -0.39 is 0 Å². The highest BCUT2D eigenvalue weighted by Crippen LogP contribution is 2.35. The summed E-state index contributed by atoms with van der Waals surface area (Å²) in [5.74, 6) is 0. The molecule has 0 saturated carbocycles. The van der Waals surface area contributed by atoms with E-state index in [9.17, 15) is 4.79 Å². The number of carbonyl (C=O) groups excluding carboxylic acids is 1. The van der Waals surface area contributed by atoms with Gasteiger partial charge in [0.2, 0.25) is 0 Å². The summed E-state index contributed by atoms with van der Waals surface area (Å²) in [6, 6.07) is 2.40. The van der Waals surface area contributed by atoms with Crippen LogP contribution in [0.2, 0.25) is 0 Å². The van der Waals surface area contributed by atoms with Crippen LogP contribution in [0.4, 0.5) is 4.79 Å². The first-order chi connectivity index (χ1) is 11.0. The average Bonchev–Trinajstić information content (AvgIpc) is 3.11. The van der Waals surface area contributed by atoms with Gasteiger partial charge in [-0.15, -0.1) is 22.7 Å². The number of rotatable bonds is 3. The van der Waals surface area contributed by atoms with Gasteiger partial charge in [-0.05, 0) is 50.6 Å². The fourth-order valence-electron chi connectivity index (χ4n) is 3.36. The van der Waals surface area contributed by atoms with Crippen LogP contribution in [-0.2, 0) is 6.42 Å². The number of thiophene rings is 1. The maximum absolute atomic E-state index is 12.8. The number of carbonyl (C=O) groups is 1. The Hall–Kier alpha value is -1.40. The molecule has 124 valence electrons. The summed E-state index contributed by atoms with van der Waals surface area (Å²) in [5, 5.41) is 6.36. The van der Waals surface area contributed by atoms with E-state index in [1.54, 1.807) is 11.3 Å². The summed E-state index contributed by atoms with van der Waals surface area (Å²) in [5.41, 5.74) is 2.35. The number of urea groups is 1. The van der Waals surface area contributed by atoms with E-state index >= 15 is 0 Å². The molecule has 0 unspecified atom stereocenters. The van der Waals surface area contributed by atoms with Crippen molar-refractivity contribution in [2.45, 2.75) is 52.6 Å². The van der Waals surface area contributed by atoms with Gasteiger partial charge in [-0.2, -0.15) is 0 Å². The van der Waals surface area contributed by atoms with Crippen LogP contribution < -0.4 is 5.32 Å². The van der Waals surface area contributed by atoms with Crippen molar-refractivity contribution in [1.82, 2.24) is 15.2 Å². The van der Waals surface area contributed by atoms with Crippen LogP contribution in [0.15, 0.2) is 11.4 Å². The number of hydrogen-bond acceptors (Lipinski definition) is 4. The summed E-state index contributed by atoms with van der Waals surface area (Å²) in [4.78, 5) is 21.8. The molecule has 0 saturated heterocycles. The second-order valence-corrected chi connectivity index (χ2v) is 8.26. The lowest BCUT2D eigenvalue weighted by molar-refractivity contribution is 0.165. The van der Waals surface area contributed by atoms with Crippen LogP contribution in [0.25, 0.3) is 0 Å².